The third kappa shape index (κ3) is 6.14. The summed E-state index contributed by atoms with van der Waals surface area (Å²) in [5.41, 5.74) is 19.2. The highest BCUT2D eigenvalue weighted by atomic mass is 16.5. The van der Waals surface area contributed by atoms with Gasteiger partial charge in [0.25, 0.3) is 0 Å². The number of aromatic nitrogens is 2. The molecule has 61 heavy (non-hydrogen) atoms. The van der Waals surface area contributed by atoms with Crippen LogP contribution in [-0.4, -0.2) is 30.1 Å². The Kier molecular flexibility index (Phi) is 8.93. The van der Waals surface area contributed by atoms with Crippen molar-refractivity contribution < 1.29 is 4.74 Å². The Morgan fingerprint density at radius 3 is 1.77 bits per heavy atom. The fourth-order valence-electron chi connectivity index (χ4n) is 10.2. The topological polar surface area (TPSA) is 44.4 Å². The summed E-state index contributed by atoms with van der Waals surface area (Å²) in [5.74, 6) is 1.64. The zero-order chi connectivity index (χ0) is 41.2. The van der Waals surface area contributed by atoms with Gasteiger partial charge in [-0.15, -0.1) is 0 Å². The summed E-state index contributed by atoms with van der Waals surface area (Å²) in [6.07, 6.45) is 6.23. The van der Waals surface area contributed by atoms with Crippen LogP contribution in [0.25, 0.3) is 33.1 Å². The second-order valence-electron chi connectivity index (χ2n) is 16.6. The average Bonchev–Trinajstić information content (AvgIpc) is 3.94. The van der Waals surface area contributed by atoms with Crippen molar-refractivity contribution in [1.82, 2.24) is 9.97 Å². The molecule has 0 spiro atoms. The number of H-pyrrole nitrogens is 1. The summed E-state index contributed by atoms with van der Waals surface area (Å²) in [4.78, 5) is 13.2. The second kappa shape index (κ2) is 14.8. The normalized spacial score (nSPS) is 13.3. The minimum Gasteiger partial charge on any atom is -0.456 e. The summed E-state index contributed by atoms with van der Waals surface area (Å²) >= 11 is 0. The number of pyridine rings is 1. The highest BCUT2D eigenvalue weighted by Crippen LogP contribution is 2.38. The summed E-state index contributed by atoms with van der Waals surface area (Å²) in [5, 5.41) is 2.25. The van der Waals surface area contributed by atoms with Gasteiger partial charge in [0.15, 0.2) is 5.75 Å². The van der Waals surface area contributed by atoms with Gasteiger partial charge in [0, 0.05) is 52.4 Å². The molecule has 0 aliphatic carbocycles. The summed E-state index contributed by atoms with van der Waals surface area (Å²) in [7, 11) is 0. The average molecular weight is 787 g/mol. The van der Waals surface area contributed by atoms with Crippen molar-refractivity contribution in [2.45, 2.75) is 27.7 Å². The highest BCUT2D eigenvalue weighted by molar-refractivity contribution is 7.12. The number of rotatable bonds is 7. The van der Waals surface area contributed by atoms with Gasteiger partial charge < -0.3 is 19.5 Å². The van der Waals surface area contributed by atoms with Crippen LogP contribution in [0.2, 0.25) is 0 Å². The number of anilines is 2. The molecule has 0 amide bonds. The summed E-state index contributed by atoms with van der Waals surface area (Å²) < 4.78 is 7.56. The number of aryl methyl sites for hydroxylation is 4. The predicted molar refractivity (Wildman–Crippen MR) is 259 cm³/mol. The van der Waals surface area contributed by atoms with Crippen LogP contribution in [0.4, 0.5) is 11.4 Å². The Morgan fingerprint density at radius 2 is 1.08 bits per heavy atom. The maximum absolute atomic E-state index is 7.56. The molecule has 1 N–H and O–H groups in total. The summed E-state index contributed by atoms with van der Waals surface area (Å²) in [6, 6.07) is 56.8. The minimum atomic E-state index is -0.0652. The molecule has 11 rings (SSSR count). The van der Waals surface area contributed by atoms with Gasteiger partial charge in [-0.3, -0.25) is 4.98 Å². The van der Waals surface area contributed by atoms with Crippen molar-refractivity contribution in [3.05, 3.63) is 199 Å². The van der Waals surface area contributed by atoms with E-state index >= 15 is 0 Å². The lowest BCUT2D eigenvalue weighted by Crippen LogP contribution is -2.76. The Morgan fingerprint density at radius 1 is 0.492 bits per heavy atom. The summed E-state index contributed by atoms with van der Waals surface area (Å²) in [6.45, 7) is 9.65. The van der Waals surface area contributed by atoms with Crippen molar-refractivity contribution in [1.29, 1.82) is 0 Å². The van der Waals surface area contributed by atoms with E-state index in [4.69, 9.17) is 9.72 Å². The van der Waals surface area contributed by atoms with E-state index in [1.807, 2.05) is 18.3 Å². The highest BCUT2D eigenvalue weighted by Gasteiger charge is 2.43. The molecule has 9 aromatic rings. The zero-order valence-electron chi connectivity index (χ0n) is 34.9. The van der Waals surface area contributed by atoms with Crippen LogP contribution in [-0.2, 0) is 0 Å². The molecule has 0 saturated heterocycles. The smallest absolute Gasteiger partial charge is 0.245 e. The number of nitrogens with one attached hydrogen (secondary N) is 1. The Hall–Kier alpha value is -7.24. The number of aromatic amines is 1. The van der Waals surface area contributed by atoms with E-state index < -0.39 is 0 Å². The molecule has 0 atom stereocenters. The lowest BCUT2D eigenvalue weighted by molar-refractivity contribution is 0.491. The molecule has 2 aromatic heterocycles. The fraction of sp³-hybridized carbons (Fsp3) is 0.0926. The third-order valence-electron chi connectivity index (χ3n) is 13.0. The molecule has 0 unspecified atom stereocenters. The lowest BCUT2D eigenvalue weighted by Gasteiger charge is -2.36. The molecule has 0 saturated carbocycles. The third-order valence-corrected chi connectivity index (χ3v) is 13.0. The molecular weight excluding hydrogens is 742 g/mol. The Labute approximate surface area is 358 Å². The monoisotopic (exact) mass is 786 g/mol. The van der Waals surface area contributed by atoms with E-state index in [-0.39, 0.29) is 13.4 Å². The minimum absolute atomic E-state index is 0.0168. The predicted octanol–water partition coefficient (Wildman–Crippen LogP) is 8.51. The van der Waals surface area contributed by atoms with Gasteiger partial charge in [0.1, 0.15) is 5.75 Å². The van der Waals surface area contributed by atoms with E-state index in [0.717, 1.165) is 55.9 Å². The molecular formula is C54H44B2N4O. The van der Waals surface area contributed by atoms with Gasteiger partial charge in [0.05, 0.1) is 23.4 Å². The molecule has 0 fully saturated rings. The van der Waals surface area contributed by atoms with Crippen LogP contribution in [0.5, 0.6) is 11.5 Å². The van der Waals surface area contributed by atoms with Gasteiger partial charge in [-0.1, -0.05) is 165 Å². The molecule has 2 aliphatic rings. The number of hydrogen-bond acceptors (Lipinski definition) is 4. The van der Waals surface area contributed by atoms with Crippen molar-refractivity contribution in [3.63, 3.8) is 0 Å². The van der Waals surface area contributed by atoms with E-state index in [1.165, 1.54) is 55.0 Å². The molecule has 0 bridgehead atoms. The first-order chi connectivity index (χ1) is 29.9. The SMILES string of the molecule is Cc1cccc(C)c1B1c2ccccc2B(c2c(C)cccc2C)c2c(Oc3cccc4c3[nH]c3c(-c5ccccn5)cccc34)cc(N3C=CN(c4ccccc4)C3)cc21. The van der Waals surface area contributed by atoms with Crippen LogP contribution in [0.15, 0.2) is 176 Å². The molecule has 2 aliphatic heterocycles. The molecule has 0 radical (unpaired) electrons. The molecule has 4 heterocycles. The molecule has 7 aromatic carbocycles. The molecule has 7 heteroatoms. The van der Waals surface area contributed by atoms with Crippen LogP contribution < -0.4 is 47.3 Å². The van der Waals surface area contributed by atoms with Crippen LogP contribution >= 0.6 is 0 Å². The molecule has 5 nitrogen and oxygen atoms in total. The van der Waals surface area contributed by atoms with E-state index in [2.05, 4.69) is 200 Å². The van der Waals surface area contributed by atoms with Crippen molar-refractivity contribution in [2.24, 2.45) is 0 Å². The number of para-hydroxylation sites is 3. The van der Waals surface area contributed by atoms with Gasteiger partial charge in [-0.05, 0) is 69.6 Å². The first-order valence-corrected chi connectivity index (χ1v) is 21.2. The van der Waals surface area contributed by atoms with Gasteiger partial charge in [-0.2, -0.15) is 0 Å². The van der Waals surface area contributed by atoms with E-state index in [9.17, 15) is 0 Å². The number of fused-ring (bicyclic) bond motifs is 5. The maximum Gasteiger partial charge on any atom is 0.245 e. The first kappa shape index (κ1) is 36.8. The van der Waals surface area contributed by atoms with Crippen molar-refractivity contribution in [2.75, 3.05) is 16.5 Å². The van der Waals surface area contributed by atoms with Gasteiger partial charge in [-0.25, -0.2) is 0 Å². The van der Waals surface area contributed by atoms with Crippen LogP contribution in [0.3, 0.4) is 0 Å². The Bertz CT molecular complexity index is 3140. The second-order valence-corrected chi connectivity index (χ2v) is 16.6. The number of benzene rings is 7. The first-order valence-electron chi connectivity index (χ1n) is 21.2. The van der Waals surface area contributed by atoms with Gasteiger partial charge in [0.2, 0.25) is 13.4 Å². The van der Waals surface area contributed by atoms with Crippen molar-refractivity contribution in [3.8, 4) is 22.8 Å². The lowest BCUT2D eigenvalue weighted by atomic mass is 9.20. The van der Waals surface area contributed by atoms with E-state index in [0.29, 0.717) is 6.67 Å². The van der Waals surface area contributed by atoms with E-state index in [1.54, 1.807) is 0 Å². The van der Waals surface area contributed by atoms with Crippen LogP contribution in [0.1, 0.15) is 22.3 Å². The van der Waals surface area contributed by atoms with Crippen LogP contribution in [0, 0.1) is 27.7 Å². The Balaban J connectivity index is 1.18. The van der Waals surface area contributed by atoms with Crippen molar-refractivity contribution >= 4 is 79.4 Å². The van der Waals surface area contributed by atoms with Gasteiger partial charge >= 0.3 is 0 Å². The maximum atomic E-state index is 7.56. The fourth-order valence-corrected chi connectivity index (χ4v) is 10.2. The quantitative estimate of drug-likeness (QED) is 0.165. The number of hydrogen-bond donors (Lipinski definition) is 1. The zero-order valence-corrected chi connectivity index (χ0v) is 34.9. The number of ether oxygens (including phenoxy) is 1. The largest absolute Gasteiger partial charge is 0.456 e. The standard InChI is InChI=1S/C54H44B2N4O/c1-35-16-12-17-36(2)50(35)55-44-25-8-9-26-45(44)56(51-37(3)18-13-19-38(51)4)52-46(55)32-40(60-31-30-59(34-60)39-20-6-5-7-21-39)33-49(52)61-48-28-15-23-42-41-22-14-24-43(53(41)58-54(42)48)47-27-10-11-29-57-47/h5-33,58H,34H2,1-4H3. The number of nitrogens with zero attached hydrogens (tertiary/aromatic N) is 3. The molecule has 292 valence electrons.